The molecule has 2 aromatic rings. The molecule has 4 rings (SSSR count). The van der Waals surface area contributed by atoms with Gasteiger partial charge < -0.3 is 15.1 Å². The van der Waals surface area contributed by atoms with Crippen molar-refractivity contribution in [3.05, 3.63) is 36.0 Å². The van der Waals surface area contributed by atoms with E-state index in [1.807, 2.05) is 41.9 Å². The summed E-state index contributed by atoms with van der Waals surface area (Å²) in [5.74, 6) is 1.92. The molecule has 0 saturated carbocycles. The molecule has 2 fully saturated rings. The topological polar surface area (TPSA) is 70.5 Å². The monoisotopic (exact) mass is 423 g/mol. The first-order valence-electron chi connectivity index (χ1n) is 11.4. The Morgan fingerprint density at radius 2 is 1.65 bits per heavy atom. The molecule has 0 radical (unpaired) electrons. The van der Waals surface area contributed by atoms with Gasteiger partial charge in [-0.15, -0.1) is 0 Å². The third kappa shape index (κ3) is 4.60. The van der Waals surface area contributed by atoms with Crippen LogP contribution in [-0.4, -0.2) is 52.7 Å². The Balaban J connectivity index is 1.53. The van der Waals surface area contributed by atoms with Crippen LogP contribution in [0.4, 0.5) is 11.5 Å². The summed E-state index contributed by atoms with van der Waals surface area (Å²) in [5.41, 5.74) is 2.50. The molecule has 7 nitrogen and oxygen atoms in total. The molecule has 3 heterocycles. The van der Waals surface area contributed by atoms with Crippen LogP contribution < -0.4 is 10.2 Å². The van der Waals surface area contributed by atoms with Crippen LogP contribution >= 0.6 is 0 Å². The second kappa shape index (κ2) is 9.12. The molecule has 0 aliphatic carbocycles. The Labute approximate surface area is 184 Å². The molecule has 2 aliphatic rings. The zero-order chi connectivity index (χ0) is 22.0. The Morgan fingerprint density at radius 3 is 2.26 bits per heavy atom. The average molecular weight is 424 g/mol. The highest BCUT2D eigenvalue weighted by molar-refractivity contribution is 5.93. The van der Waals surface area contributed by atoms with Gasteiger partial charge in [0.2, 0.25) is 11.8 Å². The molecular weight excluding hydrogens is 390 g/mol. The number of likely N-dealkylation sites (tertiary alicyclic amines) is 1. The lowest BCUT2D eigenvalue weighted by Crippen LogP contribution is -2.45. The summed E-state index contributed by atoms with van der Waals surface area (Å²) in [6, 6.07) is 9.98. The largest absolute Gasteiger partial charge is 0.355 e. The van der Waals surface area contributed by atoms with Gasteiger partial charge in [-0.25, -0.2) is 4.68 Å². The third-order valence-corrected chi connectivity index (χ3v) is 6.58. The maximum Gasteiger partial charge on any atom is 0.225 e. The van der Waals surface area contributed by atoms with Gasteiger partial charge in [-0.3, -0.25) is 9.59 Å². The SMILES string of the molecule is CC(=O)Nc1c(C)nn(-c2ccccc2)c1N1CCC(C(=O)N2CCC(C)CC2)CC1. The fourth-order valence-corrected chi connectivity index (χ4v) is 4.70. The Bertz CT molecular complexity index is 923. The summed E-state index contributed by atoms with van der Waals surface area (Å²) in [5, 5.41) is 7.71. The predicted octanol–water partition coefficient (Wildman–Crippen LogP) is 3.61. The number of amides is 2. The van der Waals surface area contributed by atoms with Gasteiger partial charge >= 0.3 is 0 Å². The molecule has 2 aliphatic heterocycles. The van der Waals surface area contributed by atoms with Gasteiger partial charge in [0.15, 0.2) is 5.82 Å². The van der Waals surface area contributed by atoms with Gasteiger partial charge in [-0.2, -0.15) is 5.10 Å². The molecular formula is C24H33N5O2. The number of aryl methyl sites for hydroxylation is 1. The van der Waals surface area contributed by atoms with Crippen molar-refractivity contribution in [3.63, 3.8) is 0 Å². The summed E-state index contributed by atoms with van der Waals surface area (Å²) < 4.78 is 1.91. The molecule has 0 spiro atoms. The number of anilines is 2. The van der Waals surface area contributed by atoms with E-state index < -0.39 is 0 Å². The number of hydrogen-bond acceptors (Lipinski definition) is 4. The molecule has 1 N–H and O–H groups in total. The number of hydrogen-bond donors (Lipinski definition) is 1. The van der Waals surface area contributed by atoms with Crippen molar-refractivity contribution in [3.8, 4) is 5.69 Å². The zero-order valence-electron chi connectivity index (χ0n) is 18.8. The van der Waals surface area contributed by atoms with Crippen molar-refractivity contribution in [2.75, 3.05) is 36.4 Å². The van der Waals surface area contributed by atoms with Crippen LogP contribution in [-0.2, 0) is 9.59 Å². The summed E-state index contributed by atoms with van der Waals surface area (Å²) >= 11 is 0. The number of carbonyl (C=O) groups is 2. The fraction of sp³-hybridized carbons (Fsp3) is 0.542. The highest BCUT2D eigenvalue weighted by Crippen LogP contribution is 2.35. The number of nitrogens with one attached hydrogen (secondary N) is 1. The molecule has 0 bridgehead atoms. The number of aromatic nitrogens is 2. The van der Waals surface area contributed by atoms with Crippen LogP contribution in [0.15, 0.2) is 30.3 Å². The minimum absolute atomic E-state index is 0.0862. The highest BCUT2D eigenvalue weighted by Gasteiger charge is 2.32. The first kappa shape index (κ1) is 21.4. The number of benzene rings is 1. The van der Waals surface area contributed by atoms with E-state index in [-0.39, 0.29) is 11.8 Å². The second-order valence-electron chi connectivity index (χ2n) is 8.98. The van der Waals surface area contributed by atoms with Gasteiger partial charge in [0.1, 0.15) is 5.69 Å². The lowest BCUT2D eigenvalue weighted by Gasteiger charge is -2.37. The van der Waals surface area contributed by atoms with Crippen LogP contribution in [0.1, 0.15) is 45.2 Å². The van der Waals surface area contributed by atoms with Gasteiger partial charge in [0.25, 0.3) is 0 Å². The van der Waals surface area contributed by atoms with Crippen LogP contribution in [0, 0.1) is 18.8 Å². The van der Waals surface area contributed by atoms with Crippen molar-refractivity contribution in [2.45, 2.75) is 46.5 Å². The lowest BCUT2D eigenvalue weighted by atomic mass is 9.92. The summed E-state index contributed by atoms with van der Waals surface area (Å²) in [4.78, 5) is 29.2. The third-order valence-electron chi connectivity index (χ3n) is 6.58. The van der Waals surface area contributed by atoms with Gasteiger partial charge in [-0.1, -0.05) is 25.1 Å². The molecule has 1 aromatic heterocycles. The van der Waals surface area contributed by atoms with E-state index in [2.05, 4.69) is 22.0 Å². The summed E-state index contributed by atoms with van der Waals surface area (Å²) in [7, 11) is 0. The van der Waals surface area contributed by atoms with E-state index in [1.165, 1.54) is 6.92 Å². The predicted molar refractivity (Wildman–Crippen MR) is 123 cm³/mol. The number of nitrogens with zero attached hydrogens (tertiary/aromatic N) is 4. The van der Waals surface area contributed by atoms with Crippen molar-refractivity contribution >= 4 is 23.3 Å². The van der Waals surface area contributed by atoms with E-state index in [0.717, 1.165) is 80.7 Å². The average Bonchev–Trinajstić information content (AvgIpc) is 3.10. The van der Waals surface area contributed by atoms with Crippen LogP contribution in [0.3, 0.4) is 0 Å². The second-order valence-corrected chi connectivity index (χ2v) is 8.98. The van der Waals surface area contributed by atoms with Crippen LogP contribution in [0.25, 0.3) is 5.69 Å². The van der Waals surface area contributed by atoms with E-state index in [1.54, 1.807) is 0 Å². The van der Waals surface area contributed by atoms with E-state index in [0.29, 0.717) is 5.91 Å². The van der Waals surface area contributed by atoms with Gasteiger partial charge in [0.05, 0.1) is 11.4 Å². The maximum absolute atomic E-state index is 13.0. The molecule has 166 valence electrons. The van der Waals surface area contributed by atoms with Crippen molar-refractivity contribution in [1.29, 1.82) is 0 Å². The normalized spacial score (nSPS) is 18.3. The number of piperidine rings is 2. The molecule has 0 unspecified atom stereocenters. The molecule has 2 amide bonds. The van der Waals surface area contributed by atoms with Crippen molar-refractivity contribution in [1.82, 2.24) is 14.7 Å². The lowest BCUT2D eigenvalue weighted by molar-refractivity contribution is -0.137. The Hall–Kier alpha value is -2.83. The van der Waals surface area contributed by atoms with Gasteiger partial charge in [-0.05, 0) is 50.7 Å². The molecule has 2 saturated heterocycles. The van der Waals surface area contributed by atoms with Crippen molar-refractivity contribution < 1.29 is 9.59 Å². The van der Waals surface area contributed by atoms with E-state index >= 15 is 0 Å². The molecule has 1 aromatic carbocycles. The van der Waals surface area contributed by atoms with Crippen LogP contribution in [0.2, 0.25) is 0 Å². The zero-order valence-corrected chi connectivity index (χ0v) is 18.8. The highest BCUT2D eigenvalue weighted by atomic mass is 16.2. The quantitative estimate of drug-likeness (QED) is 0.816. The maximum atomic E-state index is 13.0. The standard InChI is InChI=1S/C24H33N5O2/c1-17-9-13-28(14-10-17)24(31)20-11-15-27(16-12-20)23-22(25-19(3)30)18(2)26-29(23)21-7-5-4-6-8-21/h4-8,17,20H,9-16H2,1-3H3,(H,25,30). The summed E-state index contributed by atoms with van der Waals surface area (Å²) in [6.07, 6.45) is 3.87. The molecule has 0 atom stereocenters. The smallest absolute Gasteiger partial charge is 0.225 e. The first-order chi connectivity index (χ1) is 14.9. The number of carbonyl (C=O) groups excluding carboxylic acids is 2. The van der Waals surface area contributed by atoms with E-state index in [4.69, 9.17) is 5.10 Å². The number of rotatable bonds is 4. The number of para-hydroxylation sites is 1. The van der Waals surface area contributed by atoms with Gasteiger partial charge in [0, 0.05) is 39.0 Å². The summed E-state index contributed by atoms with van der Waals surface area (Å²) in [6.45, 7) is 9.04. The minimum atomic E-state index is -0.110. The molecule has 7 heteroatoms. The van der Waals surface area contributed by atoms with E-state index in [9.17, 15) is 9.59 Å². The van der Waals surface area contributed by atoms with Crippen LogP contribution in [0.5, 0.6) is 0 Å². The van der Waals surface area contributed by atoms with Crippen molar-refractivity contribution in [2.24, 2.45) is 11.8 Å². The Morgan fingerprint density at radius 1 is 1.00 bits per heavy atom. The Kier molecular flexibility index (Phi) is 6.30. The molecule has 31 heavy (non-hydrogen) atoms. The first-order valence-corrected chi connectivity index (χ1v) is 11.4. The minimum Gasteiger partial charge on any atom is -0.355 e. The fourth-order valence-electron chi connectivity index (χ4n) is 4.70.